The summed E-state index contributed by atoms with van der Waals surface area (Å²) < 4.78 is 13.9. The standard InChI is InChI=1S/C21H23N3O5/c1-5-28-21(27)17-13(4)29-19-18(17)20(26)23(10-22-19)9-16(25)15-8-11(2)24(12(15)3)14-6-7-14/h8,10,14H,5-7,9H2,1-4H3. The van der Waals surface area contributed by atoms with E-state index in [-0.39, 0.29) is 41.4 Å². The molecule has 1 aliphatic carbocycles. The summed E-state index contributed by atoms with van der Waals surface area (Å²) in [5.41, 5.74) is 2.20. The van der Waals surface area contributed by atoms with Crippen LogP contribution in [0.4, 0.5) is 0 Å². The number of Topliss-reactive ketones (excluding diaryl/α,β-unsaturated/α-hetero) is 1. The summed E-state index contributed by atoms with van der Waals surface area (Å²) in [4.78, 5) is 42.4. The maximum atomic E-state index is 13.0. The topological polar surface area (TPSA) is 96.3 Å². The fourth-order valence-electron chi connectivity index (χ4n) is 3.89. The van der Waals surface area contributed by atoms with E-state index in [4.69, 9.17) is 9.15 Å². The lowest BCUT2D eigenvalue weighted by Gasteiger charge is -2.08. The molecule has 0 N–H and O–H groups in total. The van der Waals surface area contributed by atoms with Crippen molar-refractivity contribution in [3.05, 3.63) is 51.0 Å². The number of ether oxygens (including phenoxy) is 1. The van der Waals surface area contributed by atoms with Gasteiger partial charge in [-0.15, -0.1) is 0 Å². The Hall–Kier alpha value is -3.16. The molecular weight excluding hydrogens is 374 g/mol. The van der Waals surface area contributed by atoms with Gasteiger partial charge in [0.25, 0.3) is 5.56 Å². The average molecular weight is 397 g/mol. The number of fused-ring (bicyclic) bond motifs is 1. The highest BCUT2D eigenvalue weighted by atomic mass is 16.5. The van der Waals surface area contributed by atoms with Crippen LogP contribution in [0.15, 0.2) is 21.6 Å². The van der Waals surface area contributed by atoms with Crippen LogP contribution in [0.5, 0.6) is 0 Å². The first-order valence-corrected chi connectivity index (χ1v) is 9.70. The molecule has 3 aromatic rings. The molecule has 0 bridgehead atoms. The number of hydrogen-bond donors (Lipinski definition) is 0. The van der Waals surface area contributed by atoms with Crippen molar-refractivity contribution in [1.29, 1.82) is 0 Å². The smallest absolute Gasteiger partial charge is 0.342 e. The minimum atomic E-state index is -0.639. The lowest BCUT2D eigenvalue weighted by Crippen LogP contribution is -2.25. The van der Waals surface area contributed by atoms with Gasteiger partial charge in [0.2, 0.25) is 5.71 Å². The maximum Gasteiger partial charge on any atom is 0.342 e. The third-order valence-corrected chi connectivity index (χ3v) is 5.35. The number of aromatic nitrogens is 3. The van der Waals surface area contributed by atoms with Crippen molar-refractivity contribution in [3.63, 3.8) is 0 Å². The zero-order valence-corrected chi connectivity index (χ0v) is 16.9. The van der Waals surface area contributed by atoms with Gasteiger partial charge in [-0.2, -0.15) is 0 Å². The molecule has 0 amide bonds. The molecule has 0 atom stereocenters. The Kier molecular flexibility index (Phi) is 4.64. The molecule has 8 heteroatoms. The number of hydrogen-bond acceptors (Lipinski definition) is 6. The van der Waals surface area contributed by atoms with Crippen molar-refractivity contribution in [2.75, 3.05) is 6.61 Å². The van der Waals surface area contributed by atoms with Crippen molar-refractivity contribution in [2.45, 2.75) is 53.1 Å². The van der Waals surface area contributed by atoms with Gasteiger partial charge in [-0.05, 0) is 46.6 Å². The Balaban J connectivity index is 1.72. The number of nitrogens with zero attached hydrogens (tertiary/aromatic N) is 3. The van der Waals surface area contributed by atoms with Crippen LogP contribution in [0.2, 0.25) is 0 Å². The van der Waals surface area contributed by atoms with Gasteiger partial charge in [-0.25, -0.2) is 9.78 Å². The second-order valence-electron chi connectivity index (χ2n) is 7.42. The summed E-state index contributed by atoms with van der Waals surface area (Å²) in [6, 6.07) is 2.34. The third-order valence-electron chi connectivity index (χ3n) is 5.35. The first-order chi connectivity index (χ1) is 13.8. The normalized spacial score (nSPS) is 13.8. The van der Waals surface area contributed by atoms with Crippen LogP contribution >= 0.6 is 0 Å². The van der Waals surface area contributed by atoms with E-state index in [1.165, 1.54) is 10.9 Å². The van der Waals surface area contributed by atoms with Gasteiger partial charge in [0, 0.05) is 23.0 Å². The van der Waals surface area contributed by atoms with Crippen molar-refractivity contribution in [3.8, 4) is 0 Å². The number of aryl methyl sites for hydroxylation is 2. The van der Waals surface area contributed by atoms with Crippen molar-refractivity contribution < 1.29 is 18.7 Å². The van der Waals surface area contributed by atoms with Gasteiger partial charge in [0.1, 0.15) is 23.0 Å². The Morgan fingerprint density at radius 3 is 2.66 bits per heavy atom. The van der Waals surface area contributed by atoms with E-state index >= 15 is 0 Å². The predicted octanol–water partition coefficient (Wildman–Crippen LogP) is 3.11. The van der Waals surface area contributed by atoms with E-state index < -0.39 is 11.5 Å². The lowest BCUT2D eigenvalue weighted by atomic mass is 10.1. The van der Waals surface area contributed by atoms with Crippen LogP contribution in [0, 0.1) is 20.8 Å². The van der Waals surface area contributed by atoms with E-state index in [0.29, 0.717) is 11.6 Å². The van der Waals surface area contributed by atoms with Gasteiger partial charge < -0.3 is 13.7 Å². The minimum absolute atomic E-state index is 0.0414. The molecule has 1 aliphatic rings. The van der Waals surface area contributed by atoms with Crippen LogP contribution in [0.1, 0.15) is 63.7 Å². The maximum absolute atomic E-state index is 13.0. The molecule has 0 aliphatic heterocycles. The molecule has 0 aromatic carbocycles. The molecule has 4 rings (SSSR count). The van der Waals surface area contributed by atoms with Crippen molar-refractivity contribution in [2.24, 2.45) is 0 Å². The van der Waals surface area contributed by atoms with Gasteiger partial charge in [-0.1, -0.05) is 0 Å². The van der Waals surface area contributed by atoms with E-state index in [0.717, 1.165) is 24.2 Å². The number of furan rings is 1. The zero-order valence-electron chi connectivity index (χ0n) is 16.9. The molecule has 0 radical (unpaired) electrons. The van der Waals surface area contributed by atoms with E-state index in [2.05, 4.69) is 9.55 Å². The summed E-state index contributed by atoms with van der Waals surface area (Å²) in [5, 5.41) is 0.0414. The summed E-state index contributed by atoms with van der Waals surface area (Å²) in [5.74, 6) is -0.550. The summed E-state index contributed by atoms with van der Waals surface area (Å²) in [7, 11) is 0. The fourth-order valence-corrected chi connectivity index (χ4v) is 3.89. The van der Waals surface area contributed by atoms with E-state index in [9.17, 15) is 14.4 Å². The molecular formula is C21H23N3O5. The third kappa shape index (κ3) is 3.18. The number of carbonyl (C=O) groups excluding carboxylic acids is 2. The highest BCUT2D eigenvalue weighted by Crippen LogP contribution is 2.38. The SMILES string of the molecule is CCOC(=O)c1c(C)oc2ncn(CC(=O)c3cc(C)n(C4CC4)c3C)c(=O)c12. The second-order valence-corrected chi connectivity index (χ2v) is 7.42. The molecule has 3 heterocycles. The second kappa shape index (κ2) is 7.02. The summed E-state index contributed by atoms with van der Waals surface area (Å²) in [6.07, 6.45) is 3.53. The summed E-state index contributed by atoms with van der Waals surface area (Å²) >= 11 is 0. The number of ketones is 1. The van der Waals surface area contributed by atoms with Crippen LogP contribution in [0.25, 0.3) is 11.1 Å². The summed E-state index contributed by atoms with van der Waals surface area (Å²) in [6.45, 7) is 7.19. The Labute approximate surface area is 167 Å². The zero-order chi connectivity index (χ0) is 20.9. The van der Waals surface area contributed by atoms with E-state index in [1.807, 2.05) is 19.9 Å². The van der Waals surface area contributed by atoms with Crippen molar-refractivity contribution >= 4 is 22.9 Å². The van der Waals surface area contributed by atoms with Crippen molar-refractivity contribution in [1.82, 2.24) is 14.1 Å². The van der Waals surface area contributed by atoms with Crippen LogP contribution in [0.3, 0.4) is 0 Å². The number of carbonyl (C=O) groups is 2. The minimum Gasteiger partial charge on any atom is -0.462 e. The van der Waals surface area contributed by atoms with Crippen LogP contribution in [-0.4, -0.2) is 32.5 Å². The Morgan fingerprint density at radius 2 is 2.00 bits per heavy atom. The van der Waals surface area contributed by atoms with Gasteiger partial charge in [-0.3, -0.25) is 14.2 Å². The van der Waals surface area contributed by atoms with Crippen LogP contribution < -0.4 is 5.56 Å². The molecule has 8 nitrogen and oxygen atoms in total. The molecule has 0 unspecified atom stereocenters. The first-order valence-electron chi connectivity index (χ1n) is 9.70. The van der Waals surface area contributed by atoms with E-state index in [1.54, 1.807) is 13.8 Å². The highest BCUT2D eigenvalue weighted by molar-refractivity contribution is 6.03. The molecule has 1 fully saturated rings. The molecule has 1 saturated carbocycles. The lowest BCUT2D eigenvalue weighted by molar-refractivity contribution is 0.0526. The molecule has 0 spiro atoms. The van der Waals surface area contributed by atoms with Gasteiger partial charge in [0.15, 0.2) is 5.78 Å². The molecule has 29 heavy (non-hydrogen) atoms. The highest BCUT2D eigenvalue weighted by Gasteiger charge is 2.29. The van der Waals surface area contributed by atoms with Gasteiger partial charge >= 0.3 is 5.97 Å². The monoisotopic (exact) mass is 397 g/mol. The average Bonchev–Trinajstić information content (AvgIpc) is 3.36. The number of esters is 1. The first kappa shape index (κ1) is 19.2. The van der Waals surface area contributed by atoms with Crippen LogP contribution in [-0.2, 0) is 11.3 Å². The Morgan fingerprint density at radius 1 is 1.28 bits per heavy atom. The molecule has 3 aromatic heterocycles. The fraction of sp³-hybridized carbons (Fsp3) is 0.429. The molecule has 0 saturated heterocycles. The Bertz CT molecular complexity index is 1190. The number of rotatable bonds is 6. The van der Waals surface area contributed by atoms with Gasteiger partial charge in [0.05, 0.1) is 13.2 Å². The quantitative estimate of drug-likeness (QED) is 0.468. The molecule has 152 valence electrons. The predicted molar refractivity (Wildman–Crippen MR) is 105 cm³/mol. The largest absolute Gasteiger partial charge is 0.462 e.